The van der Waals surface area contributed by atoms with Gasteiger partial charge in [-0.25, -0.2) is 4.39 Å². The third-order valence-electron chi connectivity index (χ3n) is 14.0. The largest absolute Gasteiger partial charge is 0.459 e. The van der Waals surface area contributed by atoms with Gasteiger partial charge in [0.25, 0.3) is 5.91 Å². The highest BCUT2D eigenvalue weighted by molar-refractivity contribution is 6.03. The molecule has 6 unspecified atom stereocenters. The SMILES string of the molecule is C=CCOC12Oc3ccc(Oc4ccc5ccccc5c4)cc3C3C(CCCCO)C(CCCCO)C=C(C(=NOCc4ccccc4)CC1N(Cc1ccc(F)cc1)C(=O)c1ccc(C#N)cc1)C32. The van der Waals surface area contributed by atoms with Crippen molar-refractivity contribution in [3.63, 3.8) is 0 Å². The number of nitrogens with zero attached hydrogens (tertiary/aromatic N) is 3. The van der Waals surface area contributed by atoms with Gasteiger partial charge in [-0.1, -0.05) is 103 Å². The normalized spacial score (nSPS) is 21.7. The molecular weight excluding hydrogens is 882 g/mol. The van der Waals surface area contributed by atoms with Crippen molar-refractivity contribution in [3.05, 3.63) is 197 Å². The molecule has 0 radical (unpaired) electrons. The van der Waals surface area contributed by atoms with Crippen LogP contribution in [0.4, 0.5) is 4.39 Å². The molecule has 11 heteroatoms. The second-order valence-corrected chi connectivity index (χ2v) is 18.4. The lowest BCUT2D eigenvalue weighted by molar-refractivity contribution is -0.255. The molecule has 1 aliphatic heterocycles. The summed E-state index contributed by atoms with van der Waals surface area (Å²) in [6.45, 7) is 4.54. The maximum absolute atomic E-state index is 15.4. The van der Waals surface area contributed by atoms with Crippen molar-refractivity contribution in [3.8, 4) is 23.3 Å². The van der Waals surface area contributed by atoms with Crippen LogP contribution in [-0.4, -0.2) is 58.4 Å². The van der Waals surface area contributed by atoms with E-state index in [9.17, 15) is 19.9 Å². The van der Waals surface area contributed by atoms with Gasteiger partial charge < -0.3 is 34.2 Å². The van der Waals surface area contributed by atoms with Crippen molar-refractivity contribution in [1.82, 2.24) is 4.90 Å². The van der Waals surface area contributed by atoms with Crippen LogP contribution in [0, 0.1) is 34.9 Å². The lowest BCUT2D eigenvalue weighted by Gasteiger charge is -2.60. The molecule has 0 aromatic heterocycles. The number of oxime groups is 1. The molecule has 1 fully saturated rings. The molecular formula is C59H58FN3O7. The van der Waals surface area contributed by atoms with Crippen LogP contribution in [0.5, 0.6) is 17.2 Å². The molecule has 10 nitrogen and oxygen atoms in total. The molecule has 1 amide bonds. The number of hydrogen-bond donors (Lipinski definition) is 2. The van der Waals surface area contributed by atoms with E-state index in [4.69, 9.17) is 24.2 Å². The molecule has 0 bridgehead atoms. The van der Waals surface area contributed by atoms with Gasteiger partial charge in [0.1, 0.15) is 35.7 Å². The van der Waals surface area contributed by atoms with Gasteiger partial charge in [0.2, 0.25) is 5.79 Å². The van der Waals surface area contributed by atoms with Gasteiger partial charge in [0.05, 0.1) is 29.9 Å². The number of rotatable bonds is 20. The first-order chi connectivity index (χ1) is 34.3. The Bertz CT molecular complexity index is 2880. The summed E-state index contributed by atoms with van der Waals surface area (Å²) in [6.07, 6.45) is 8.50. The predicted molar refractivity (Wildman–Crippen MR) is 268 cm³/mol. The zero-order chi connectivity index (χ0) is 48.5. The van der Waals surface area contributed by atoms with Crippen molar-refractivity contribution >= 4 is 22.4 Å². The molecule has 6 aromatic rings. The van der Waals surface area contributed by atoms with E-state index in [0.29, 0.717) is 52.5 Å². The van der Waals surface area contributed by atoms with Gasteiger partial charge in [-0.05, 0) is 132 Å². The van der Waals surface area contributed by atoms with Crippen LogP contribution in [-0.2, 0) is 22.7 Å². The molecule has 9 rings (SSSR count). The molecule has 70 heavy (non-hydrogen) atoms. The van der Waals surface area contributed by atoms with E-state index in [1.165, 1.54) is 12.1 Å². The minimum absolute atomic E-state index is 0.0149. The number of benzene rings is 6. The van der Waals surface area contributed by atoms with Crippen molar-refractivity contribution in [2.75, 3.05) is 19.8 Å². The van der Waals surface area contributed by atoms with Gasteiger partial charge in [-0.3, -0.25) is 4.79 Å². The first-order valence-corrected chi connectivity index (χ1v) is 24.3. The average molecular weight is 940 g/mol. The van der Waals surface area contributed by atoms with Crippen LogP contribution in [0.25, 0.3) is 10.8 Å². The number of unbranched alkanes of at least 4 members (excludes halogenated alkanes) is 2. The first-order valence-electron chi connectivity index (χ1n) is 24.3. The number of amides is 1. The smallest absolute Gasteiger partial charge is 0.254 e. The van der Waals surface area contributed by atoms with Gasteiger partial charge >= 0.3 is 0 Å². The summed E-state index contributed by atoms with van der Waals surface area (Å²) < 4.78 is 35.9. The van der Waals surface area contributed by atoms with Crippen LogP contribution in [0.2, 0.25) is 0 Å². The monoisotopic (exact) mass is 939 g/mol. The number of aliphatic hydroxyl groups is 2. The second kappa shape index (κ2) is 22.1. The Morgan fingerprint density at radius 1 is 0.843 bits per heavy atom. The number of carbonyl (C=O) groups is 1. The van der Waals surface area contributed by atoms with Gasteiger partial charge in [0, 0.05) is 43.2 Å². The summed E-state index contributed by atoms with van der Waals surface area (Å²) in [7, 11) is 0. The minimum Gasteiger partial charge on any atom is -0.459 e. The maximum Gasteiger partial charge on any atom is 0.254 e. The van der Waals surface area contributed by atoms with Crippen LogP contribution in [0.15, 0.2) is 169 Å². The summed E-state index contributed by atoms with van der Waals surface area (Å²) >= 11 is 0. The number of nitriles is 1. The molecule has 358 valence electrons. The number of fused-ring (bicyclic) bond motifs is 3. The Hall–Kier alpha value is -7.10. The van der Waals surface area contributed by atoms with Gasteiger partial charge in [0.15, 0.2) is 0 Å². The van der Waals surface area contributed by atoms with E-state index in [2.05, 4.69) is 36.9 Å². The number of ether oxygens (including phenoxy) is 3. The number of aliphatic hydroxyl groups excluding tert-OH is 2. The van der Waals surface area contributed by atoms with E-state index in [0.717, 1.165) is 53.2 Å². The van der Waals surface area contributed by atoms with Crippen molar-refractivity contribution in [2.45, 2.75) is 75.8 Å². The fourth-order valence-corrected chi connectivity index (χ4v) is 10.8. The zero-order valence-corrected chi connectivity index (χ0v) is 39.2. The fraction of sp³-hybridized carbons (Fsp3) is 0.305. The Kier molecular flexibility index (Phi) is 15.1. The molecule has 1 saturated carbocycles. The molecule has 2 N–H and O–H groups in total. The van der Waals surface area contributed by atoms with Crippen molar-refractivity contribution in [1.29, 1.82) is 5.26 Å². The molecule has 0 spiro atoms. The minimum atomic E-state index is -1.55. The second-order valence-electron chi connectivity index (χ2n) is 18.4. The summed E-state index contributed by atoms with van der Waals surface area (Å²) in [6, 6.07) is 43.8. The fourth-order valence-electron chi connectivity index (χ4n) is 10.8. The summed E-state index contributed by atoms with van der Waals surface area (Å²) in [5.41, 5.74) is 4.82. The average Bonchev–Trinajstić information content (AvgIpc) is 3.39. The van der Waals surface area contributed by atoms with Crippen LogP contribution < -0.4 is 9.47 Å². The molecule has 6 atom stereocenters. The summed E-state index contributed by atoms with van der Waals surface area (Å²) in [5, 5.41) is 37.0. The van der Waals surface area contributed by atoms with E-state index in [1.54, 1.807) is 47.4 Å². The standard InChI is InChI=1S/C59H58FN3O7/c1-2-32-67-59-55(63(38-41-20-25-47(60)26-21-41)58(66)44-22-18-40(37-61)19-23-44)36-53(62-68-39-42-12-4-3-5-13-42)51-34-46(16-8-10-30-64)50(17-9-11-31-65)56(57(51)59)52-35-49(28-29-54(52)70-59)69-48-27-24-43-14-6-7-15-45(43)33-48/h2-7,12-15,18-29,33-35,46,50,55-57,64-65H,1,8-11,16-17,30-32,36,38-39H2. The van der Waals surface area contributed by atoms with E-state index in [-0.39, 0.29) is 63.1 Å². The highest BCUT2D eigenvalue weighted by Crippen LogP contribution is 2.62. The van der Waals surface area contributed by atoms with E-state index < -0.39 is 23.6 Å². The molecule has 0 saturated heterocycles. The highest BCUT2D eigenvalue weighted by Gasteiger charge is 2.65. The quantitative estimate of drug-likeness (QED) is 0.0439. The maximum atomic E-state index is 15.4. The topological polar surface area (TPSA) is 134 Å². The predicted octanol–water partition coefficient (Wildman–Crippen LogP) is 11.8. The van der Waals surface area contributed by atoms with E-state index >= 15 is 4.79 Å². The number of allylic oxidation sites excluding steroid dienone is 1. The van der Waals surface area contributed by atoms with Crippen molar-refractivity contribution < 1.29 is 38.4 Å². The van der Waals surface area contributed by atoms with Crippen LogP contribution in [0.1, 0.15) is 83.5 Å². The van der Waals surface area contributed by atoms with Crippen molar-refractivity contribution in [2.24, 2.45) is 22.9 Å². The summed E-state index contributed by atoms with van der Waals surface area (Å²) in [5.74, 6) is -1.29. The third kappa shape index (κ3) is 10.3. The zero-order valence-electron chi connectivity index (χ0n) is 39.2. The molecule has 6 aromatic carbocycles. The van der Waals surface area contributed by atoms with Crippen LogP contribution in [0.3, 0.4) is 0 Å². The van der Waals surface area contributed by atoms with E-state index in [1.807, 2.05) is 72.8 Å². The van der Waals surface area contributed by atoms with Gasteiger partial charge in [-0.15, -0.1) is 6.58 Å². The molecule has 1 heterocycles. The van der Waals surface area contributed by atoms with Crippen LogP contribution >= 0.6 is 0 Å². The third-order valence-corrected chi connectivity index (χ3v) is 14.0. The first kappa shape index (κ1) is 47.9. The van der Waals surface area contributed by atoms with Gasteiger partial charge in [-0.2, -0.15) is 5.26 Å². The highest BCUT2D eigenvalue weighted by atomic mass is 19.1. The Morgan fingerprint density at radius 2 is 1.56 bits per heavy atom. The Labute approximate surface area is 408 Å². The Morgan fingerprint density at radius 3 is 2.30 bits per heavy atom. The lowest BCUT2D eigenvalue weighted by atomic mass is 9.55. The number of carbonyl (C=O) groups excluding carboxylic acids is 1. The molecule has 3 aliphatic rings. The molecule has 2 aliphatic carbocycles. The number of halogens is 1. The lowest BCUT2D eigenvalue weighted by Crippen LogP contribution is -2.70. The summed E-state index contributed by atoms with van der Waals surface area (Å²) in [4.78, 5) is 23.5. The Balaban J connectivity index is 1.26. The number of hydrogen-bond acceptors (Lipinski definition) is 9.